The normalized spacial score (nSPS) is 15.6. The second kappa shape index (κ2) is 8.99. The molecule has 0 unspecified atom stereocenters. The molecule has 0 atom stereocenters. The van der Waals surface area contributed by atoms with Crippen molar-refractivity contribution >= 4 is 27.3 Å². The number of anilines is 1. The van der Waals surface area contributed by atoms with E-state index in [1.165, 1.54) is 0 Å². The number of aromatic nitrogens is 3. The van der Waals surface area contributed by atoms with E-state index in [4.69, 9.17) is 11.6 Å². The highest BCUT2D eigenvalue weighted by atomic mass is 35.5. The highest BCUT2D eigenvalue weighted by Gasteiger charge is 2.41. The zero-order valence-corrected chi connectivity index (χ0v) is 18.3. The Bertz CT molecular complexity index is 941. The number of aliphatic hydroxyl groups excluding tert-OH is 1. The number of benzene rings is 1. The second-order valence-electron chi connectivity index (χ2n) is 7.84. The van der Waals surface area contributed by atoms with Gasteiger partial charge >= 0.3 is 0 Å². The van der Waals surface area contributed by atoms with Crippen LogP contribution in [0.5, 0.6) is 0 Å². The molecular formula is C19H28ClN5O3S. The summed E-state index contributed by atoms with van der Waals surface area (Å²) >= 11 is 6.31. The number of nitrogens with one attached hydrogen (secondary N) is 2. The number of hydrogen-bond acceptors (Lipinski definition) is 6. The predicted octanol–water partition coefficient (Wildman–Crippen LogP) is 2.61. The largest absolute Gasteiger partial charge is 0.396 e. The van der Waals surface area contributed by atoms with Crippen molar-refractivity contribution in [3.05, 3.63) is 35.4 Å². The van der Waals surface area contributed by atoms with Crippen LogP contribution in [0.15, 0.2) is 29.4 Å². The molecule has 1 aliphatic rings. The molecule has 3 rings (SSSR count). The van der Waals surface area contributed by atoms with Crippen molar-refractivity contribution in [1.29, 1.82) is 0 Å². The Hall–Kier alpha value is -1.68. The predicted molar refractivity (Wildman–Crippen MR) is 113 cm³/mol. The summed E-state index contributed by atoms with van der Waals surface area (Å²) in [7, 11) is -3.76. The molecular weight excluding hydrogens is 414 g/mol. The number of para-hydroxylation sites is 1. The summed E-state index contributed by atoms with van der Waals surface area (Å²) in [5.74, 6) is 0.729. The van der Waals surface area contributed by atoms with Crippen LogP contribution in [-0.2, 0) is 16.4 Å². The van der Waals surface area contributed by atoms with E-state index in [1.54, 1.807) is 24.5 Å². The van der Waals surface area contributed by atoms with E-state index in [0.29, 0.717) is 30.1 Å². The van der Waals surface area contributed by atoms with E-state index in [1.807, 2.05) is 18.4 Å². The molecule has 0 amide bonds. The molecule has 8 nitrogen and oxygen atoms in total. The summed E-state index contributed by atoms with van der Waals surface area (Å²) in [5.41, 5.74) is 0.430. The third-order valence-corrected chi connectivity index (χ3v) is 7.17. The zero-order valence-electron chi connectivity index (χ0n) is 16.7. The minimum Gasteiger partial charge on any atom is -0.396 e. The minimum atomic E-state index is -3.76. The molecule has 1 fully saturated rings. The van der Waals surface area contributed by atoms with Crippen LogP contribution in [0, 0.1) is 5.41 Å². The molecule has 3 N–H and O–H groups in total. The van der Waals surface area contributed by atoms with Crippen LogP contribution < -0.4 is 10.0 Å². The molecule has 1 aromatic carbocycles. The van der Waals surface area contributed by atoms with Crippen molar-refractivity contribution < 1.29 is 13.5 Å². The fourth-order valence-electron chi connectivity index (χ4n) is 3.36. The summed E-state index contributed by atoms with van der Waals surface area (Å²) < 4.78 is 30.4. The molecule has 1 aliphatic carbocycles. The summed E-state index contributed by atoms with van der Waals surface area (Å²) in [6.07, 6.45) is 4.80. The van der Waals surface area contributed by atoms with E-state index in [9.17, 15) is 13.5 Å². The van der Waals surface area contributed by atoms with Gasteiger partial charge in [0.05, 0.1) is 10.7 Å². The SMILES string of the molecule is CC(C)n1cnnc1CCNS(=O)(=O)c1cccc(Cl)c1NCC1(CCO)CC1. The van der Waals surface area contributed by atoms with Crippen LogP contribution >= 0.6 is 11.6 Å². The molecule has 160 valence electrons. The fraction of sp³-hybridized carbons (Fsp3) is 0.579. The summed E-state index contributed by atoms with van der Waals surface area (Å²) in [6, 6.07) is 5.03. The quantitative estimate of drug-likeness (QED) is 0.494. The van der Waals surface area contributed by atoms with Gasteiger partial charge in [-0.25, -0.2) is 13.1 Å². The van der Waals surface area contributed by atoms with Gasteiger partial charge in [-0.1, -0.05) is 17.7 Å². The topological polar surface area (TPSA) is 109 Å². The highest BCUT2D eigenvalue weighted by Crippen LogP contribution is 2.49. The van der Waals surface area contributed by atoms with E-state index in [2.05, 4.69) is 20.2 Å². The first-order chi connectivity index (χ1) is 13.8. The number of sulfonamides is 1. The highest BCUT2D eigenvalue weighted by molar-refractivity contribution is 7.89. The minimum absolute atomic E-state index is 0.0311. The van der Waals surface area contributed by atoms with E-state index in [-0.39, 0.29) is 29.5 Å². The Morgan fingerprint density at radius 3 is 2.76 bits per heavy atom. The summed E-state index contributed by atoms with van der Waals surface area (Å²) in [4.78, 5) is 0.120. The third-order valence-electron chi connectivity index (χ3n) is 5.35. The average Bonchev–Trinajstić information content (AvgIpc) is 3.26. The van der Waals surface area contributed by atoms with Gasteiger partial charge in [-0.05, 0) is 50.7 Å². The van der Waals surface area contributed by atoms with Gasteiger partial charge in [0.2, 0.25) is 10.0 Å². The van der Waals surface area contributed by atoms with Gasteiger partial charge in [-0.3, -0.25) is 0 Å². The summed E-state index contributed by atoms with van der Waals surface area (Å²) in [5, 5.41) is 20.8. The van der Waals surface area contributed by atoms with E-state index >= 15 is 0 Å². The van der Waals surface area contributed by atoms with Crippen LogP contribution in [0.3, 0.4) is 0 Å². The molecule has 29 heavy (non-hydrogen) atoms. The van der Waals surface area contributed by atoms with E-state index < -0.39 is 10.0 Å². The van der Waals surface area contributed by atoms with E-state index in [0.717, 1.165) is 18.7 Å². The lowest BCUT2D eigenvalue weighted by Gasteiger charge is -2.19. The fourth-order valence-corrected chi connectivity index (χ4v) is 4.89. The molecule has 1 aromatic heterocycles. The first kappa shape index (κ1) is 22.0. The lowest BCUT2D eigenvalue weighted by atomic mass is 10.0. The van der Waals surface area contributed by atoms with Gasteiger partial charge in [-0.2, -0.15) is 0 Å². The Morgan fingerprint density at radius 1 is 1.34 bits per heavy atom. The van der Waals surface area contributed by atoms with Crippen molar-refractivity contribution in [3.8, 4) is 0 Å². The summed E-state index contributed by atoms with van der Waals surface area (Å²) in [6.45, 7) is 4.94. The Kier molecular flexibility index (Phi) is 6.83. The van der Waals surface area contributed by atoms with Crippen molar-refractivity contribution in [1.82, 2.24) is 19.5 Å². The number of nitrogens with zero attached hydrogens (tertiary/aromatic N) is 3. The standard InChI is InChI=1S/C19H28ClN5O3S/c1-14(2)25-13-22-24-17(25)6-10-23-29(27,28)16-5-3-4-15(20)18(16)21-12-19(7-8-19)9-11-26/h3-5,13-14,21,23,26H,6-12H2,1-2H3. The van der Waals surface area contributed by atoms with Gasteiger partial charge in [-0.15, -0.1) is 10.2 Å². The Balaban J connectivity index is 1.69. The zero-order chi connectivity index (χ0) is 21.1. The molecule has 0 aliphatic heterocycles. The maximum absolute atomic E-state index is 12.9. The van der Waals surface area contributed by atoms with Crippen molar-refractivity contribution in [3.63, 3.8) is 0 Å². The van der Waals surface area contributed by atoms with Crippen LogP contribution in [-0.4, -0.2) is 48.0 Å². The lowest BCUT2D eigenvalue weighted by molar-refractivity contribution is 0.253. The molecule has 0 radical (unpaired) electrons. The Morgan fingerprint density at radius 2 is 2.10 bits per heavy atom. The molecule has 0 spiro atoms. The smallest absolute Gasteiger partial charge is 0.242 e. The van der Waals surface area contributed by atoms with Crippen LogP contribution in [0.1, 0.15) is 45.0 Å². The number of aliphatic hydroxyl groups is 1. The van der Waals surface area contributed by atoms with Crippen molar-refractivity contribution in [2.24, 2.45) is 5.41 Å². The van der Waals surface area contributed by atoms with Crippen molar-refractivity contribution in [2.45, 2.75) is 50.5 Å². The van der Waals surface area contributed by atoms with Gasteiger partial charge < -0.3 is 15.0 Å². The monoisotopic (exact) mass is 441 g/mol. The third kappa shape index (κ3) is 5.28. The van der Waals surface area contributed by atoms with Gasteiger partial charge in [0.25, 0.3) is 0 Å². The maximum atomic E-state index is 12.9. The molecule has 1 heterocycles. The van der Waals surface area contributed by atoms with Gasteiger partial charge in [0.1, 0.15) is 17.0 Å². The maximum Gasteiger partial charge on any atom is 0.242 e. The van der Waals surface area contributed by atoms with Crippen LogP contribution in [0.2, 0.25) is 5.02 Å². The Labute approximate surface area is 176 Å². The lowest BCUT2D eigenvalue weighted by Crippen LogP contribution is -2.28. The van der Waals surface area contributed by atoms with Crippen molar-refractivity contribution in [2.75, 3.05) is 25.0 Å². The first-order valence-electron chi connectivity index (χ1n) is 9.79. The van der Waals surface area contributed by atoms with Gasteiger partial charge in [0, 0.05) is 32.2 Å². The second-order valence-corrected chi connectivity index (χ2v) is 9.98. The molecule has 1 saturated carbocycles. The van der Waals surface area contributed by atoms with Gasteiger partial charge in [0.15, 0.2) is 0 Å². The molecule has 2 aromatic rings. The van der Waals surface area contributed by atoms with Crippen LogP contribution in [0.4, 0.5) is 5.69 Å². The molecule has 0 saturated heterocycles. The average molecular weight is 442 g/mol. The molecule has 0 bridgehead atoms. The number of halogens is 1. The number of rotatable bonds is 11. The van der Waals surface area contributed by atoms with Crippen LogP contribution in [0.25, 0.3) is 0 Å². The number of hydrogen-bond donors (Lipinski definition) is 3. The molecule has 10 heteroatoms. The first-order valence-corrected chi connectivity index (χ1v) is 11.7.